The van der Waals surface area contributed by atoms with Crippen LogP contribution in [-0.2, 0) is 9.47 Å². The summed E-state index contributed by atoms with van der Waals surface area (Å²) in [5.41, 5.74) is -3.50. The van der Waals surface area contributed by atoms with Crippen molar-refractivity contribution in [1.82, 2.24) is 39.0 Å². The third-order valence-corrected chi connectivity index (χ3v) is 6.74. The zero-order valence-corrected chi connectivity index (χ0v) is 21.5. The smallest absolute Gasteiger partial charge is 0.327 e. The summed E-state index contributed by atoms with van der Waals surface area (Å²) in [6.45, 7) is -0.514. The van der Waals surface area contributed by atoms with Gasteiger partial charge in [-0.1, -0.05) is 0 Å². The van der Waals surface area contributed by atoms with Gasteiger partial charge in [-0.3, -0.25) is 49.5 Å². The number of nitrogens with one attached hydrogen (secondary N) is 6. The van der Waals surface area contributed by atoms with Crippen LogP contribution in [-0.4, -0.2) is 97.1 Å². The lowest BCUT2D eigenvalue weighted by Crippen LogP contribution is -2.32. The number of ether oxygens (including phenoxy) is 2. The Balaban J connectivity index is 0.000000168. The van der Waals surface area contributed by atoms with Gasteiger partial charge >= 0.3 is 11.4 Å². The molecule has 6 heterocycles. The SMILES string of the molecule is N=c1ncn([C@@H]2O[C@H](CO)C[C@H]2O)c2[nH]c(=O)[nH]c(=O)c12.N=c1ncn([C@@H]2O[C@H](CO)C[C@H]2O)c2[nH]c(=O)[nH]c(=O)c12. The largest absolute Gasteiger partial charge is 0.394 e. The van der Waals surface area contributed by atoms with Gasteiger partial charge in [0.15, 0.2) is 23.4 Å². The van der Waals surface area contributed by atoms with Gasteiger partial charge in [-0.25, -0.2) is 19.6 Å². The van der Waals surface area contributed by atoms with E-state index in [1.807, 2.05) is 9.97 Å². The molecule has 2 fully saturated rings. The maximum Gasteiger partial charge on any atom is 0.327 e. The van der Waals surface area contributed by atoms with E-state index >= 15 is 0 Å². The molecule has 0 spiro atoms. The summed E-state index contributed by atoms with van der Waals surface area (Å²) in [5.74, 6) is 0. The molecule has 0 radical (unpaired) electrons. The Hall–Kier alpha value is -4.60. The normalized spacial score (nSPS) is 25.5. The lowest BCUT2D eigenvalue weighted by Gasteiger charge is -2.19. The van der Waals surface area contributed by atoms with Crippen molar-refractivity contribution >= 4 is 22.1 Å². The summed E-state index contributed by atoms with van der Waals surface area (Å²) >= 11 is 0. The molecular weight excluding hydrogens is 564 g/mol. The molecule has 10 N–H and O–H groups in total. The van der Waals surface area contributed by atoms with E-state index in [4.69, 9.17) is 30.5 Å². The number of rotatable bonds is 4. The lowest BCUT2D eigenvalue weighted by atomic mass is 10.2. The topological polar surface area (TPSA) is 314 Å². The van der Waals surface area contributed by atoms with Crippen molar-refractivity contribution < 1.29 is 29.9 Å². The van der Waals surface area contributed by atoms with Gasteiger partial charge in [0.2, 0.25) is 0 Å². The van der Waals surface area contributed by atoms with Crippen molar-refractivity contribution in [3.05, 3.63) is 65.3 Å². The van der Waals surface area contributed by atoms with Crippen molar-refractivity contribution in [3.8, 4) is 0 Å². The maximum absolute atomic E-state index is 11.8. The van der Waals surface area contributed by atoms with Crippen LogP contribution in [0.2, 0.25) is 0 Å². The average molecular weight is 591 g/mol. The van der Waals surface area contributed by atoms with E-state index < -0.39 is 59.4 Å². The highest BCUT2D eigenvalue weighted by molar-refractivity contribution is 5.72. The fourth-order valence-corrected chi connectivity index (χ4v) is 4.84. The number of hydrogen-bond donors (Lipinski definition) is 10. The summed E-state index contributed by atoms with van der Waals surface area (Å²) < 4.78 is 13.5. The number of aromatic nitrogens is 8. The molecule has 0 unspecified atom stereocenters. The Morgan fingerprint density at radius 1 is 0.738 bits per heavy atom. The molecular formula is C22H26N10O10. The quantitative estimate of drug-likeness (QED) is 0.107. The van der Waals surface area contributed by atoms with Crippen molar-refractivity contribution in [2.75, 3.05) is 13.2 Å². The van der Waals surface area contributed by atoms with Gasteiger partial charge in [-0.05, 0) is 0 Å². The average Bonchev–Trinajstić information content (AvgIpc) is 3.50. The van der Waals surface area contributed by atoms with E-state index in [2.05, 4.69) is 19.9 Å². The van der Waals surface area contributed by atoms with Gasteiger partial charge < -0.3 is 29.9 Å². The second-order valence-electron chi connectivity index (χ2n) is 9.53. The number of aromatic amines is 4. The Kier molecular flexibility index (Phi) is 7.81. The molecule has 0 aliphatic carbocycles. The standard InChI is InChI=1S/2C11H13N5O5/c2*12-7-6-8(14-11(20)15-9(6)19)16(3-13-7)10-5(18)1-4(2-17)21-10/h2*3-5,10,12,17-18H,1-2H2,(H2,14,15,19,20)/t2*4-,5+,10+/m00/s1. The van der Waals surface area contributed by atoms with Crippen molar-refractivity contribution in [2.45, 2.75) is 49.7 Å². The van der Waals surface area contributed by atoms with Crippen molar-refractivity contribution in [1.29, 1.82) is 10.8 Å². The summed E-state index contributed by atoms with van der Waals surface area (Å²) in [4.78, 5) is 62.8. The molecule has 42 heavy (non-hydrogen) atoms. The first kappa shape index (κ1) is 28.9. The number of fused-ring (bicyclic) bond motifs is 2. The molecule has 6 rings (SSSR count). The number of hydrogen-bond acceptors (Lipinski definition) is 14. The molecule has 2 saturated heterocycles. The van der Waals surface area contributed by atoms with Gasteiger partial charge in [0.05, 0.1) is 25.4 Å². The highest BCUT2D eigenvalue weighted by Gasteiger charge is 2.36. The Morgan fingerprint density at radius 2 is 1.12 bits per heavy atom. The van der Waals surface area contributed by atoms with Crippen LogP contribution < -0.4 is 33.5 Å². The fourth-order valence-electron chi connectivity index (χ4n) is 4.84. The molecule has 2 aliphatic rings. The first-order chi connectivity index (χ1) is 20.0. The molecule has 20 heteroatoms. The van der Waals surface area contributed by atoms with Crippen molar-refractivity contribution in [3.63, 3.8) is 0 Å². The van der Waals surface area contributed by atoms with Gasteiger partial charge in [0, 0.05) is 12.8 Å². The first-order valence-corrected chi connectivity index (χ1v) is 12.5. The molecule has 6 atom stereocenters. The fraction of sp³-hybridized carbons (Fsp3) is 0.455. The van der Waals surface area contributed by atoms with E-state index in [1.54, 1.807) is 0 Å². The summed E-state index contributed by atoms with van der Waals surface area (Å²) in [7, 11) is 0. The van der Waals surface area contributed by atoms with Gasteiger partial charge in [0.25, 0.3) is 11.1 Å². The molecule has 4 aromatic heterocycles. The van der Waals surface area contributed by atoms with E-state index in [9.17, 15) is 29.4 Å². The minimum absolute atomic E-state index is 0.0337. The highest BCUT2D eigenvalue weighted by atomic mass is 16.5. The third kappa shape index (κ3) is 5.24. The van der Waals surface area contributed by atoms with Gasteiger partial charge in [-0.15, -0.1) is 0 Å². The molecule has 224 valence electrons. The number of nitrogens with zero attached hydrogens (tertiary/aromatic N) is 4. The number of aliphatic hydroxyl groups is 4. The molecule has 0 bridgehead atoms. The molecule has 0 aromatic carbocycles. The van der Waals surface area contributed by atoms with Crippen LogP contribution in [0.15, 0.2) is 31.8 Å². The zero-order valence-electron chi connectivity index (χ0n) is 21.5. The van der Waals surface area contributed by atoms with Gasteiger partial charge in [0.1, 0.15) is 46.9 Å². The van der Waals surface area contributed by atoms with E-state index in [1.165, 1.54) is 21.8 Å². The van der Waals surface area contributed by atoms with Crippen LogP contribution in [0.4, 0.5) is 0 Å². The molecule has 4 aromatic rings. The number of aliphatic hydroxyl groups excluding tert-OH is 4. The molecule has 2 aliphatic heterocycles. The predicted octanol–water partition coefficient (Wildman–Crippen LogP) is -4.93. The van der Waals surface area contributed by atoms with Gasteiger partial charge in [-0.2, -0.15) is 0 Å². The van der Waals surface area contributed by atoms with Crippen LogP contribution in [0, 0.1) is 10.8 Å². The number of H-pyrrole nitrogens is 4. The second kappa shape index (κ2) is 11.3. The summed E-state index contributed by atoms with van der Waals surface area (Å²) in [6.07, 6.45) is -1.94. The molecule has 0 saturated carbocycles. The van der Waals surface area contributed by atoms with Crippen LogP contribution in [0.3, 0.4) is 0 Å². The van der Waals surface area contributed by atoms with E-state index in [0.29, 0.717) is 0 Å². The highest BCUT2D eigenvalue weighted by Crippen LogP contribution is 2.30. The van der Waals surface area contributed by atoms with Crippen LogP contribution in [0.25, 0.3) is 22.1 Å². The first-order valence-electron chi connectivity index (χ1n) is 12.5. The zero-order chi connectivity index (χ0) is 30.3. The minimum Gasteiger partial charge on any atom is -0.394 e. The third-order valence-electron chi connectivity index (χ3n) is 6.74. The van der Waals surface area contributed by atoms with E-state index in [-0.39, 0.29) is 59.1 Å². The maximum atomic E-state index is 11.8. The van der Waals surface area contributed by atoms with Crippen LogP contribution >= 0.6 is 0 Å². The summed E-state index contributed by atoms with van der Waals surface area (Å²) in [5, 5.41) is 53.3. The Bertz CT molecular complexity index is 1850. The summed E-state index contributed by atoms with van der Waals surface area (Å²) in [6, 6.07) is 0. The Morgan fingerprint density at radius 3 is 1.45 bits per heavy atom. The monoisotopic (exact) mass is 590 g/mol. The molecule has 20 nitrogen and oxygen atoms in total. The Labute approximate surface area is 230 Å². The van der Waals surface area contributed by atoms with E-state index in [0.717, 1.165) is 0 Å². The van der Waals surface area contributed by atoms with Crippen LogP contribution in [0.5, 0.6) is 0 Å². The second-order valence-corrected chi connectivity index (χ2v) is 9.53. The predicted molar refractivity (Wildman–Crippen MR) is 137 cm³/mol. The molecule has 0 amide bonds. The minimum atomic E-state index is -0.934. The van der Waals surface area contributed by atoms with Crippen LogP contribution in [0.1, 0.15) is 25.3 Å². The lowest BCUT2D eigenvalue weighted by molar-refractivity contribution is -0.0492. The van der Waals surface area contributed by atoms with Crippen molar-refractivity contribution in [2.24, 2.45) is 0 Å².